The quantitative estimate of drug-likeness (QED) is 0.766. The SMILES string of the molecule is O=C1NCCN1CC(O)c1ccccc1. The van der Waals surface area contributed by atoms with Crippen molar-refractivity contribution in [3.63, 3.8) is 0 Å². The van der Waals surface area contributed by atoms with E-state index >= 15 is 0 Å². The van der Waals surface area contributed by atoms with Crippen molar-refractivity contribution in [3.8, 4) is 0 Å². The normalized spacial score (nSPS) is 17.7. The fourth-order valence-corrected chi connectivity index (χ4v) is 1.67. The summed E-state index contributed by atoms with van der Waals surface area (Å²) in [5.74, 6) is 0. The van der Waals surface area contributed by atoms with Gasteiger partial charge in [-0.15, -0.1) is 0 Å². The van der Waals surface area contributed by atoms with E-state index in [-0.39, 0.29) is 6.03 Å². The zero-order valence-electron chi connectivity index (χ0n) is 8.39. The van der Waals surface area contributed by atoms with Crippen LogP contribution in [0.25, 0.3) is 0 Å². The minimum Gasteiger partial charge on any atom is -0.387 e. The molecule has 0 saturated carbocycles. The molecule has 1 aromatic rings. The van der Waals surface area contributed by atoms with Gasteiger partial charge in [-0.1, -0.05) is 30.3 Å². The van der Waals surface area contributed by atoms with E-state index in [1.165, 1.54) is 0 Å². The van der Waals surface area contributed by atoms with E-state index in [0.717, 1.165) is 5.56 Å². The van der Waals surface area contributed by atoms with Crippen LogP contribution in [0.1, 0.15) is 11.7 Å². The highest BCUT2D eigenvalue weighted by Crippen LogP contribution is 2.14. The fourth-order valence-electron chi connectivity index (χ4n) is 1.67. The topological polar surface area (TPSA) is 52.6 Å². The molecule has 80 valence electrons. The molecule has 4 nitrogen and oxygen atoms in total. The monoisotopic (exact) mass is 206 g/mol. The zero-order valence-corrected chi connectivity index (χ0v) is 8.39. The van der Waals surface area contributed by atoms with Gasteiger partial charge >= 0.3 is 6.03 Å². The Balaban J connectivity index is 1.98. The molecule has 1 aromatic carbocycles. The molecule has 1 aliphatic heterocycles. The van der Waals surface area contributed by atoms with Gasteiger partial charge < -0.3 is 15.3 Å². The number of hydrogen-bond donors (Lipinski definition) is 2. The third-order valence-corrected chi connectivity index (χ3v) is 2.52. The van der Waals surface area contributed by atoms with Crippen LogP contribution in [0.2, 0.25) is 0 Å². The first-order valence-corrected chi connectivity index (χ1v) is 5.03. The lowest BCUT2D eigenvalue weighted by molar-refractivity contribution is 0.132. The smallest absolute Gasteiger partial charge is 0.317 e. The highest BCUT2D eigenvalue weighted by Gasteiger charge is 2.22. The lowest BCUT2D eigenvalue weighted by Crippen LogP contribution is -2.32. The third kappa shape index (κ3) is 2.27. The number of rotatable bonds is 3. The molecular weight excluding hydrogens is 192 g/mol. The van der Waals surface area contributed by atoms with Crippen LogP contribution >= 0.6 is 0 Å². The maximum Gasteiger partial charge on any atom is 0.317 e. The number of nitrogens with one attached hydrogen (secondary N) is 1. The molecule has 2 amide bonds. The Morgan fingerprint density at radius 2 is 2.13 bits per heavy atom. The Morgan fingerprint density at radius 1 is 1.40 bits per heavy atom. The standard InChI is InChI=1S/C11H14N2O2/c14-10(9-4-2-1-3-5-9)8-13-7-6-12-11(13)15/h1-5,10,14H,6-8H2,(H,12,15). The molecule has 15 heavy (non-hydrogen) atoms. The van der Waals surface area contributed by atoms with Crippen molar-refractivity contribution >= 4 is 6.03 Å². The van der Waals surface area contributed by atoms with Gasteiger partial charge in [-0.05, 0) is 5.56 Å². The first-order chi connectivity index (χ1) is 7.27. The summed E-state index contributed by atoms with van der Waals surface area (Å²) in [6.45, 7) is 1.69. The van der Waals surface area contributed by atoms with E-state index in [4.69, 9.17) is 0 Å². The van der Waals surface area contributed by atoms with E-state index in [0.29, 0.717) is 19.6 Å². The van der Waals surface area contributed by atoms with Crippen LogP contribution < -0.4 is 5.32 Å². The Labute approximate surface area is 88.5 Å². The van der Waals surface area contributed by atoms with Crippen LogP contribution in [0.4, 0.5) is 4.79 Å². The number of nitrogens with zero attached hydrogens (tertiary/aromatic N) is 1. The average molecular weight is 206 g/mol. The number of β-amino-alcohol motifs (C(OH)–C–C–N with tert-alkyl or cyclic N) is 1. The maximum absolute atomic E-state index is 11.2. The molecule has 2 rings (SSSR count). The molecule has 1 atom stereocenters. The van der Waals surface area contributed by atoms with E-state index in [1.54, 1.807) is 4.90 Å². The van der Waals surface area contributed by atoms with Crippen molar-refractivity contribution in [3.05, 3.63) is 35.9 Å². The van der Waals surface area contributed by atoms with Crippen LogP contribution in [-0.4, -0.2) is 35.7 Å². The molecule has 1 saturated heterocycles. The van der Waals surface area contributed by atoms with Gasteiger partial charge in [0.2, 0.25) is 0 Å². The first-order valence-electron chi connectivity index (χ1n) is 5.03. The molecular formula is C11H14N2O2. The molecule has 4 heteroatoms. The number of carbonyl (C=O) groups is 1. The molecule has 1 fully saturated rings. The average Bonchev–Trinajstić information content (AvgIpc) is 2.66. The van der Waals surface area contributed by atoms with Crippen molar-refractivity contribution in [1.29, 1.82) is 0 Å². The summed E-state index contributed by atoms with van der Waals surface area (Å²) in [7, 11) is 0. The Bertz CT molecular complexity index is 340. The minimum absolute atomic E-state index is 0.0926. The molecule has 0 aliphatic carbocycles. The van der Waals surface area contributed by atoms with Crippen molar-refractivity contribution < 1.29 is 9.90 Å². The Hall–Kier alpha value is -1.55. The molecule has 0 aromatic heterocycles. The summed E-state index contributed by atoms with van der Waals surface area (Å²) in [5, 5.41) is 12.6. The van der Waals surface area contributed by atoms with Crippen molar-refractivity contribution in [1.82, 2.24) is 10.2 Å². The number of aliphatic hydroxyl groups excluding tert-OH is 1. The van der Waals surface area contributed by atoms with E-state index < -0.39 is 6.10 Å². The second kappa shape index (κ2) is 4.31. The molecule has 1 unspecified atom stereocenters. The first kappa shape index (κ1) is 9.98. The van der Waals surface area contributed by atoms with Gasteiger partial charge in [0.25, 0.3) is 0 Å². The lowest BCUT2D eigenvalue weighted by Gasteiger charge is -2.18. The summed E-state index contributed by atoms with van der Waals surface area (Å²) in [5.41, 5.74) is 0.845. The molecule has 1 aliphatic rings. The second-order valence-corrected chi connectivity index (χ2v) is 3.60. The molecule has 1 heterocycles. The number of carbonyl (C=O) groups excluding carboxylic acids is 1. The van der Waals surface area contributed by atoms with Crippen molar-refractivity contribution in [2.45, 2.75) is 6.10 Å². The fraction of sp³-hybridized carbons (Fsp3) is 0.364. The van der Waals surface area contributed by atoms with Gasteiger partial charge in [0.1, 0.15) is 0 Å². The van der Waals surface area contributed by atoms with Crippen LogP contribution in [0.15, 0.2) is 30.3 Å². The van der Waals surface area contributed by atoms with Gasteiger partial charge in [0, 0.05) is 13.1 Å². The number of benzene rings is 1. The summed E-state index contributed by atoms with van der Waals surface area (Å²) in [6, 6.07) is 9.28. The lowest BCUT2D eigenvalue weighted by atomic mass is 10.1. The Morgan fingerprint density at radius 3 is 2.73 bits per heavy atom. The van der Waals surface area contributed by atoms with Crippen LogP contribution in [0.5, 0.6) is 0 Å². The number of amides is 2. The summed E-state index contributed by atoms with van der Waals surface area (Å²) < 4.78 is 0. The van der Waals surface area contributed by atoms with Gasteiger partial charge in [-0.2, -0.15) is 0 Å². The van der Waals surface area contributed by atoms with Gasteiger partial charge in [-0.25, -0.2) is 4.79 Å². The van der Waals surface area contributed by atoms with Crippen molar-refractivity contribution in [2.24, 2.45) is 0 Å². The number of urea groups is 1. The summed E-state index contributed by atoms with van der Waals surface area (Å²) in [6.07, 6.45) is -0.602. The number of aliphatic hydroxyl groups is 1. The maximum atomic E-state index is 11.2. The van der Waals surface area contributed by atoms with Crippen LogP contribution in [-0.2, 0) is 0 Å². The minimum atomic E-state index is -0.602. The molecule has 0 radical (unpaired) electrons. The predicted octanol–water partition coefficient (Wildman–Crippen LogP) is 0.745. The van der Waals surface area contributed by atoms with Crippen molar-refractivity contribution in [2.75, 3.05) is 19.6 Å². The Kier molecular flexibility index (Phi) is 2.87. The molecule has 0 spiro atoms. The van der Waals surface area contributed by atoms with E-state index in [9.17, 15) is 9.90 Å². The second-order valence-electron chi connectivity index (χ2n) is 3.60. The highest BCUT2D eigenvalue weighted by atomic mass is 16.3. The zero-order chi connectivity index (χ0) is 10.7. The van der Waals surface area contributed by atoms with E-state index in [2.05, 4.69) is 5.32 Å². The third-order valence-electron chi connectivity index (χ3n) is 2.52. The highest BCUT2D eigenvalue weighted by molar-refractivity contribution is 5.76. The number of hydrogen-bond acceptors (Lipinski definition) is 2. The largest absolute Gasteiger partial charge is 0.387 e. The molecule has 2 N–H and O–H groups in total. The van der Waals surface area contributed by atoms with E-state index in [1.807, 2.05) is 30.3 Å². The molecule has 0 bridgehead atoms. The van der Waals surface area contributed by atoms with Gasteiger partial charge in [0.15, 0.2) is 0 Å². The van der Waals surface area contributed by atoms with Crippen LogP contribution in [0, 0.1) is 0 Å². The van der Waals surface area contributed by atoms with Crippen LogP contribution in [0.3, 0.4) is 0 Å². The van der Waals surface area contributed by atoms with Gasteiger partial charge in [0.05, 0.1) is 12.6 Å². The van der Waals surface area contributed by atoms with Gasteiger partial charge in [-0.3, -0.25) is 0 Å². The summed E-state index contributed by atoms with van der Waals surface area (Å²) >= 11 is 0. The summed E-state index contributed by atoms with van der Waals surface area (Å²) in [4.78, 5) is 12.9. The predicted molar refractivity (Wildman–Crippen MR) is 56.4 cm³/mol.